The van der Waals surface area contributed by atoms with Gasteiger partial charge in [0.1, 0.15) is 0 Å². The van der Waals surface area contributed by atoms with Gasteiger partial charge in [-0.25, -0.2) is 0 Å². The van der Waals surface area contributed by atoms with Crippen LogP contribution in [0, 0.1) is 0 Å². The van der Waals surface area contributed by atoms with E-state index in [1.807, 2.05) is 7.05 Å². The number of rotatable bonds is 1. The van der Waals surface area contributed by atoms with E-state index in [1.165, 1.54) is 32.1 Å². The van der Waals surface area contributed by atoms with E-state index in [4.69, 9.17) is 4.74 Å². The lowest BCUT2D eigenvalue weighted by atomic mass is 9.76. The summed E-state index contributed by atoms with van der Waals surface area (Å²) in [5.41, 5.74) is 0.257. The fraction of sp³-hybridized carbons (Fsp3) is 1.00. The highest BCUT2D eigenvalue weighted by molar-refractivity contribution is 5.01. The van der Waals surface area contributed by atoms with Crippen LogP contribution in [0.25, 0.3) is 0 Å². The molecule has 0 aromatic carbocycles. The van der Waals surface area contributed by atoms with E-state index in [0.717, 1.165) is 6.61 Å². The van der Waals surface area contributed by atoms with Gasteiger partial charge in [-0.15, -0.1) is 0 Å². The Morgan fingerprint density at radius 1 is 1.27 bits per heavy atom. The van der Waals surface area contributed by atoms with Gasteiger partial charge in [0.15, 0.2) is 0 Å². The van der Waals surface area contributed by atoms with Crippen molar-refractivity contribution in [3.05, 3.63) is 0 Å². The molecule has 0 amide bonds. The molecule has 1 spiro atoms. The predicted molar refractivity (Wildman–Crippen MR) is 44.6 cm³/mol. The second kappa shape index (κ2) is 2.76. The standard InChI is InChI=1S/C9H17NO/c1-10-8-7-11-9(8)5-3-2-4-6-9/h8,10H,2-7H2,1H3. The van der Waals surface area contributed by atoms with Crippen molar-refractivity contribution in [3.63, 3.8) is 0 Å². The van der Waals surface area contributed by atoms with Crippen LogP contribution in [0.5, 0.6) is 0 Å². The number of hydrogen-bond donors (Lipinski definition) is 1. The van der Waals surface area contributed by atoms with Crippen LogP contribution in [-0.2, 0) is 4.74 Å². The summed E-state index contributed by atoms with van der Waals surface area (Å²) >= 11 is 0. The summed E-state index contributed by atoms with van der Waals surface area (Å²) in [5.74, 6) is 0. The first-order valence-electron chi connectivity index (χ1n) is 4.69. The highest BCUT2D eigenvalue weighted by atomic mass is 16.5. The van der Waals surface area contributed by atoms with E-state index < -0.39 is 0 Å². The number of likely N-dealkylation sites (N-methyl/N-ethyl adjacent to an activating group) is 1. The lowest BCUT2D eigenvalue weighted by Gasteiger charge is -2.51. The topological polar surface area (TPSA) is 21.3 Å². The third kappa shape index (κ3) is 1.09. The summed E-state index contributed by atoms with van der Waals surface area (Å²) in [6.45, 7) is 0.927. The molecule has 2 fully saturated rings. The summed E-state index contributed by atoms with van der Waals surface area (Å²) in [4.78, 5) is 0. The SMILES string of the molecule is CNC1COC12CCCCC2. The molecule has 1 heterocycles. The molecular weight excluding hydrogens is 138 g/mol. The molecule has 1 aliphatic heterocycles. The number of nitrogens with one attached hydrogen (secondary N) is 1. The van der Waals surface area contributed by atoms with E-state index in [0.29, 0.717) is 6.04 Å². The first kappa shape index (κ1) is 7.56. The van der Waals surface area contributed by atoms with Crippen LogP contribution in [-0.4, -0.2) is 25.3 Å². The zero-order valence-electron chi connectivity index (χ0n) is 7.23. The first-order chi connectivity index (χ1) is 5.37. The minimum Gasteiger partial charge on any atom is -0.372 e. The van der Waals surface area contributed by atoms with Crippen LogP contribution in [0.2, 0.25) is 0 Å². The smallest absolute Gasteiger partial charge is 0.0858 e. The number of hydrogen-bond acceptors (Lipinski definition) is 2. The van der Waals surface area contributed by atoms with Gasteiger partial charge in [0.2, 0.25) is 0 Å². The third-order valence-electron chi connectivity index (χ3n) is 3.22. The molecule has 2 rings (SSSR count). The Bertz CT molecular complexity index is 138. The van der Waals surface area contributed by atoms with Crippen molar-refractivity contribution >= 4 is 0 Å². The van der Waals surface area contributed by atoms with E-state index in [2.05, 4.69) is 5.32 Å². The van der Waals surface area contributed by atoms with Gasteiger partial charge in [0, 0.05) is 0 Å². The second-order valence-electron chi connectivity index (χ2n) is 3.78. The van der Waals surface area contributed by atoms with Crippen molar-refractivity contribution < 1.29 is 4.74 Å². The quantitative estimate of drug-likeness (QED) is 0.616. The molecule has 1 atom stereocenters. The van der Waals surface area contributed by atoms with Gasteiger partial charge in [-0.1, -0.05) is 19.3 Å². The monoisotopic (exact) mass is 155 g/mol. The van der Waals surface area contributed by atoms with Crippen molar-refractivity contribution in [2.24, 2.45) is 0 Å². The summed E-state index contributed by atoms with van der Waals surface area (Å²) in [7, 11) is 2.05. The zero-order chi connectivity index (χ0) is 7.73. The third-order valence-corrected chi connectivity index (χ3v) is 3.22. The van der Waals surface area contributed by atoms with Crippen molar-refractivity contribution in [1.29, 1.82) is 0 Å². The summed E-state index contributed by atoms with van der Waals surface area (Å²) < 4.78 is 5.70. The Morgan fingerprint density at radius 3 is 2.45 bits per heavy atom. The molecule has 0 aromatic heterocycles. The normalized spacial score (nSPS) is 35.2. The van der Waals surface area contributed by atoms with Gasteiger partial charge in [0.25, 0.3) is 0 Å². The molecule has 0 radical (unpaired) electrons. The Kier molecular flexibility index (Phi) is 1.90. The molecule has 64 valence electrons. The molecule has 2 heteroatoms. The van der Waals surface area contributed by atoms with Crippen LogP contribution in [0.3, 0.4) is 0 Å². The molecular formula is C9H17NO. The van der Waals surface area contributed by atoms with Gasteiger partial charge in [-0.2, -0.15) is 0 Å². The van der Waals surface area contributed by atoms with E-state index in [1.54, 1.807) is 0 Å². The molecule has 0 bridgehead atoms. The van der Waals surface area contributed by atoms with Crippen LogP contribution >= 0.6 is 0 Å². The Labute approximate surface area is 68.3 Å². The predicted octanol–water partition coefficient (Wildman–Crippen LogP) is 1.31. The molecule has 1 unspecified atom stereocenters. The largest absolute Gasteiger partial charge is 0.372 e. The second-order valence-corrected chi connectivity index (χ2v) is 3.78. The fourth-order valence-corrected chi connectivity index (χ4v) is 2.39. The maximum Gasteiger partial charge on any atom is 0.0858 e. The Hall–Kier alpha value is -0.0800. The van der Waals surface area contributed by atoms with E-state index in [9.17, 15) is 0 Å². The van der Waals surface area contributed by atoms with Crippen molar-refractivity contribution in [2.75, 3.05) is 13.7 Å². The molecule has 1 saturated carbocycles. The fourth-order valence-electron chi connectivity index (χ4n) is 2.39. The van der Waals surface area contributed by atoms with Gasteiger partial charge in [-0.05, 0) is 19.9 Å². The molecule has 1 saturated heterocycles. The zero-order valence-corrected chi connectivity index (χ0v) is 7.23. The highest BCUT2D eigenvalue weighted by Gasteiger charge is 2.47. The van der Waals surface area contributed by atoms with Crippen molar-refractivity contribution in [3.8, 4) is 0 Å². The van der Waals surface area contributed by atoms with Gasteiger partial charge in [0.05, 0.1) is 18.2 Å². The Balaban J connectivity index is 1.97. The molecule has 2 nitrogen and oxygen atoms in total. The van der Waals surface area contributed by atoms with Gasteiger partial charge >= 0.3 is 0 Å². The van der Waals surface area contributed by atoms with Gasteiger partial charge < -0.3 is 10.1 Å². The summed E-state index contributed by atoms with van der Waals surface area (Å²) in [6.07, 6.45) is 6.68. The van der Waals surface area contributed by atoms with Crippen molar-refractivity contribution in [2.45, 2.75) is 43.7 Å². The molecule has 11 heavy (non-hydrogen) atoms. The van der Waals surface area contributed by atoms with Crippen LogP contribution in [0.4, 0.5) is 0 Å². The van der Waals surface area contributed by atoms with Gasteiger partial charge in [-0.3, -0.25) is 0 Å². The molecule has 1 N–H and O–H groups in total. The average molecular weight is 155 g/mol. The Morgan fingerprint density at radius 2 is 2.00 bits per heavy atom. The minimum atomic E-state index is 0.257. The van der Waals surface area contributed by atoms with Crippen LogP contribution < -0.4 is 5.32 Å². The maximum atomic E-state index is 5.70. The van der Waals surface area contributed by atoms with Crippen molar-refractivity contribution in [1.82, 2.24) is 5.32 Å². The molecule has 0 aromatic rings. The maximum absolute atomic E-state index is 5.70. The average Bonchev–Trinajstić information content (AvgIpc) is 2.05. The first-order valence-corrected chi connectivity index (χ1v) is 4.69. The summed E-state index contributed by atoms with van der Waals surface area (Å²) in [5, 5.41) is 3.34. The lowest BCUT2D eigenvalue weighted by molar-refractivity contribution is -0.191. The van der Waals surface area contributed by atoms with E-state index >= 15 is 0 Å². The molecule has 2 aliphatic rings. The highest BCUT2D eigenvalue weighted by Crippen LogP contribution is 2.40. The summed E-state index contributed by atoms with van der Waals surface area (Å²) in [6, 6.07) is 0.641. The van der Waals surface area contributed by atoms with Crippen LogP contribution in [0.1, 0.15) is 32.1 Å². The van der Waals surface area contributed by atoms with E-state index in [-0.39, 0.29) is 5.60 Å². The lowest BCUT2D eigenvalue weighted by Crippen LogP contribution is -2.64. The van der Waals surface area contributed by atoms with Crippen LogP contribution in [0.15, 0.2) is 0 Å². The minimum absolute atomic E-state index is 0.257. The number of ether oxygens (including phenoxy) is 1. The molecule has 1 aliphatic carbocycles.